The Hall–Kier alpha value is -1.49. The molecule has 5 heteroatoms. The van der Waals surface area contributed by atoms with Crippen molar-refractivity contribution in [3.8, 4) is 0 Å². The SMILES string of the molecule is CC(CCCC(C)C(=O)O)NCc1cncc(F)c1. The Kier molecular flexibility index (Phi) is 6.42. The Morgan fingerprint density at radius 3 is 2.79 bits per heavy atom. The third-order valence-corrected chi connectivity index (χ3v) is 3.11. The first kappa shape index (κ1) is 15.6. The Morgan fingerprint density at radius 1 is 1.42 bits per heavy atom. The van der Waals surface area contributed by atoms with Crippen molar-refractivity contribution in [1.82, 2.24) is 10.3 Å². The third kappa shape index (κ3) is 6.29. The molecule has 0 aliphatic carbocycles. The molecule has 106 valence electrons. The zero-order valence-corrected chi connectivity index (χ0v) is 11.4. The maximum Gasteiger partial charge on any atom is 0.306 e. The van der Waals surface area contributed by atoms with E-state index in [-0.39, 0.29) is 17.8 Å². The van der Waals surface area contributed by atoms with Crippen LogP contribution in [-0.4, -0.2) is 22.1 Å². The fourth-order valence-corrected chi connectivity index (χ4v) is 1.80. The van der Waals surface area contributed by atoms with Crippen LogP contribution in [0.15, 0.2) is 18.5 Å². The first-order valence-corrected chi connectivity index (χ1v) is 6.54. The van der Waals surface area contributed by atoms with Gasteiger partial charge >= 0.3 is 5.97 Å². The van der Waals surface area contributed by atoms with Gasteiger partial charge in [0.15, 0.2) is 0 Å². The summed E-state index contributed by atoms with van der Waals surface area (Å²) in [4.78, 5) is 14.4. The number of halogens is 1. The Labute approximate surface area is 113 Å². The molecule has 1 aromatic rings. The Morgan fingerprint density at radius 2 is 2.16 bits per heavy atom. The lowest BCUT2D eigenvalue weighted by Crippen LogP contribution is -2.25. The van der Waals surface area contributed by atoms with E-state index >= 15 is 0 Å². The maximum absolute atomic E-state index is 12.9. The summed E-state index contributed by atoms with van der Waals surface area (Å²) < 4.78 is 12.9. The number of carboxylic acid groups (broad SMARTS) is 1. The first-order valence-electron chi connectivity index (χ1n) is 6.54. The number of nitrogens with one attached hydrogen (secondary N) is 1. The number of aromatic nitrogens is 1. The highest BCUT2D eigenvalue weighted by atomic mass is 19.1. The van der Waals surface area contributed by atoms with Crippen molar-refractivity contribution >= 4 is 5.97 Å². The van der Waals surface area contributed by atoms with Gasteiger partial charge < -0.3 is 10.4 Å². The van der Waals surface area contributed by atoms with Gasteiger partial charge in [0.2, 0.25) is 0 Å². The van der Waals surface area contributed by atoms with Gasteiger partial charge in [0.25, 0.3) is 0 Å². The molecule has 0 spiro atoms. The van der Waals surface area contributed by atoms with Gasteiger partial charge in [0.05, 0.1) is 12.1 Å². The average molecular weight is 268 g/mol. The van der Waals surface area contributed by atoms with Gasteiger partial charge in [-0.3, -0.25) is 9.78 Å². The number of pyridine rings is 1. The topological polar surface area (TPSA) is 62.2 Å². The molecule has 4 nitrogen and oxygen atoms in total. The Bertz CT molecular complexity index is 412. The number of rotatable bonds is 8. The number of carbonyl (C=O) groups is 1. The van der Waals surface area contributed by atoms with E-state index < -0.39 is 5.97 Å². The van der Waals surface area contributed by atoms with Gasteiger partial charge in [-0.2, -0.15) is 0 Å². The average Bonchev–Trinajstić information content (AvgIpc) is 2.36. The van der Waals surface area contributed by atoms with Crippen molar-refractivity contribution in [1.29, 1.82) is 0 Å². The Balaban J connectivity index is 2.21. The lowest BCUT2D eigenvalue weighted by molar-refractivity contribution is -0.141. The summed E-state index contributed by atoms with van der Waals surface area (Å²) in [5.41, 5.74) is 0.811. The predicted molar refractivity (Wildman–Crippen MR) is 71.1 cm³/mol. The number of aliphatic carboxylic acids is 1. The van der Waals surface area contributed by atoms with Crippen LogP contribution in [0.3, 0.4) is 0 Å². The van der Waals surface area contributed by atoms with Gasteiger partial charge in [-0.05, 0) is 31.4 Å². The molecule has 0 saturated carbocycles. The summed E-state index contributed by atoms with van der Waals surface area (Å²) in [7, 11) is 0. The molecule has 0 radical (unpaired) electrons. The summed E-state index contributed by atoms with van der Waals surface area (Å²) >= 11 is 0. The van der Waals surface area contributed by atoms with E-state index in [0.717, 1.165) is 18.4 Å². The van der Waals surface area contributed by atoms with Crippen LogP contribution in [0.1, 0.15) is 38.7 Å². The van der Waals surface area contributed by atoms with E-state index in [0.29, 0.717) is 13.0 Å². The summed E-state index contributed by atoms with van der Waals surface area (Å²) in [6.07, 6.45) is 5.27. The van der Waals surface area contributed by atoms with E-state index in [1.807, 2.05) is 6.92 Å². The number of carboxylic acids is 1. The summed E-state index contributed by atoms with van der Waals surface area (Å²) in [6, 6.07) is 1.73. The first-order chi connectivity index (χ1) is 8.99. The van der Waals surface area contributed by atoms with Crippen LogP contribution in [-0.2, 0) is 11.3 Å². The minimum absolute atomic E-state index is 0.268. The standard InChI is InChI=1S/C14H21FN2O2/c1-10(14(18)19)4-3-5-11(2)17-8-12-6-13(15)9-16-7-12/h6-7,9-11,17H,3-5,8H2,1-2H3,(H,18,19). The van der Waals surface area contributed by atoms with Crippen molar-refractivity contribution in [2.45, 2.75) is 45.7 Å². The number of hydrogen-bond acceptors (Lipinski definition) is 3. The van der Waals surface area contributed by atoms with Gasteiger partial charge in [-0.25, -0.2) is 4.39 Å². The van der Waals surface area contributed by atoms with E-state index in [1.54, 1.807) is 13.1 Å². The highest BCUT2D eigenvalue weighted by Crippen LogP contribution is 2.10. The summed E-state index contributed by atoms with van der Waals surface area (Å²) in [5.74, 6) is -1.37. The molecular weight excluding hydrogens is 247 g/mol. The van der Waals surface area contributed by atoms with Crippen molar-refractivity contribution in [3.05, 3.63) is 29.8 Å². The molecule has 19 heavy (non-hydrogen) atoms. The van der Waals surface area contributed by atoms with Crippen LogP contribution in [0, 0.1) is 11.7 Å². The molecule has 0 amide bonds. The van der Waals surface area contributed by atoms with E-state index in [9.17, 15) is 9.18 Å². The van der Waals surface area contributed by atoms with Crippen molar-refractivity contribution in [3.63, 3.8) is 0 Å². The molecule has 1 rings (SSSR count). The monoisotopic (exact) mass is 268 g/mol. The van der Waals surface area contributed by atoms with Crippen molar-refractivity contribution < 1.29 is 14.3 Å². The zero-order chi connectivity index (χ0) is 14.3. The predicted octanol–water partition coefficient (Wildman–Crippen LogP) is 2.59. The quantitative estimate of drug-likeness (QED) is 0.760. The fourth-order valence-electron chi connectivity index (χ4n) is 1.80. The minimum atomic E-state index is -0.744. The van der Waals surface area contributed by atoms with Crippen molar-refractivity contribution in [2.75, 3.05) is 0 Å². The highest BCUT2D eigenvalue weighted by Gasteiger charge is 2.11. The van der Waals surface area contributed by atoms with E-state index in [4.69, 9.17) is 5.11 Å². The second kappa shape index (κ2) is 7.84. The third-order valence-electron chi connectivity index (χ3n) is 3.11. The van der Waals surface area contributed by atoms with E-state index in [1.165, 1.54) is 12.3 Å². The molecule has 0 aromatic carbocycles. The van der Waals surface area contributed by atoms with Crippen LogP contribution in [0.25, 0.3) is 0 Å². The van der Waals surface area contributed by atoms with Gasteiger partial charge in [-0.1, -0.05) is 13.3 Å². The molecule has 0 fully saturated rings. The van der Waals surface area contributed by atoms with Gasteiger partial charge in [0.1, 0.15) is 5.82 Å². The molecular formula is C14H21FN2O2. The number of nitrogens with zero attached hydrogens (tertiary/aromatic N) is 1. The van der Waals surface area contributed by atoms with Crippen LogP contribution < -0.4 is 5.32 Å². The fraction of sp³-hybridized carbons (Fsp3) is 0.571. The lowest BCUT2D eigenvalue weighted by atomic mass is 10.0. The maximum atomic E-state index is 12.9. The highest BCUT2D eigenvalue weighted by molar-refractivity contribution is 5.69. The molecule has 1 heterocycles. The largest absolute Gasteiger partial charge is 0.481 e. The van der Waals surface area contributed by atoms with Crippen LogP contribution in [0.4, 0.5) is 4.39 Å². The minimum Gasteiger partial charge on any atom is -0.481 e. The van der Waals surface area contributed by atoms with Crippen molar-refractivity contribution in [2.24, 2.45) is 5.92 Å². The smallest absolute Gasteiger partial charge is 0.306 e. The molecule has 0 aliphatic rings. The summed E-state index contributed by atoms with van der Waals surface area (Å²) in [6.45, 7) is 4.33. The number of hydrogen-bond donors (Lipinski definition) is 2. The molecule has 2 atom stereocenters. The van der Waals surface area contributed by atoms with Gasteiger partial charge in [-0.15, -0.1) is 0 Å². The second-order valence-corrected chi connectivity index (χ2v) is 4.96. The molecule has 0 aliphatic heterocycles. The molecule has 0 saturated heterocycles. The molecule has 1 aromatic heterocycles. The van der Waals surface area contributed by atoms with Crippen LogP contribution >= 0.6 is 0 Å². The second-order valence-electron chi connectivity index (χ2n) is 4.96. The zero-order valence-electron chi connectivity index (χ0n) is 11.4. The van der Waals surface area contributed by atoms with Gasteiger partial charge in [0, 0.05) is 18.8 Å². The molecule has 0 bridgehead atoms. The van der Waals surface area contributed by atoms with Crippen LogP contribution in [0.2, 0.25) is 0 Å². The molecule has 2 unspecified atom stereocenters. The summed E-state index contributed by atoms with van der Waals surface area (Å²) in [5, 5.41) is 12.0. The lowest BCUT2D eigenvalue weighted by Gasteiger charge is -2.14. The molecule has 2 N–H and O–H groups in total. The van der Waals surface area contributed by atoms with Crippen LogP contribution in [0.5, 0.6) is 0 Å². The normalized spacial score (nSPS) is 14.1. The van der Waals surface area contributed by atoms with E-state index in [2.05, 4.69) is 10.3 Å².